The lowest BCUT2D eigenvalue weighted by atomic mass is 10.1. The van der Waals surface area contributed by atoms with E-state index in [0.29, 0.717) is 6.42 Å². The van der Waals surface area contributed by atoms with Crippen molar-refractivity contribution < 1.29 is 9.53 Å². The van der Waals surface area contributed by atoms with Crippen LogP contribution < -0.4 is 0 Å². The van der Waals surface area contributed by atoms with E-state index >= 15 is 0 Å². The molecule has 0 aliphatic heterocycles. The van der Waals surface area contributed by atoms with E-state index in [9.17, 15) is 4.79 Å². The molecule has 0 aromatic rings. The van der Waals surface area contributed by atoms with Crippen molar-refractivity contribution in [3.8, 4) is 12.3 Å². The minimum atomic E-state index is -0.373. The topological polar surface area (TPSA) is 26.3 Å². The van der Waals surface area contributed by atoms with E-state index in [1.165, 1.54) is 6.92 Å². The van der Waals surface area contributed by atoms with Crippen molar-refractivity contribution in [2.24, 2.45) is 0 Å². The minimum Gasteiger partial charge on any atom is -0.449 e. The molecule has 0 aromatic heterocycles. The van der Waals surface area contributed by atoms with E-state index in [-0.39, 0.29) is 12.1 Å². The fourth-order valence-electron chi connectivity index (χ4n) is 0.824. The maximum Gasteiger partial charge on any atom is 0.303 e. The summed E-state index contributed by atoms with van der Waals surface area (Å²) >= 11 is 0. The number of rotatable bonds is 5. The third kappa shape index (κ3) is 5.55. The third-order valence-corrected chi connectivity index (χ3v) is 1.37. The van der Waals surface area contributed by atoms with Gasteiger partial charge in [-0.2, -0.15) is 0 Å². The second-order valence-electron chi connectivity index (χ2n) is 2.48. The monoisotopic (exact) mass is 166 g/mol. The molecule has 0 spiro atoms. The zero-order valence-electron chi connectivity index (χ0n) is 7.38. The van der Waals surface area contributed by atoms with Crippen LogP contribution >= 0.6 is 0 Å². The molecule has 0 rings (SSSR count). The van der Waals surface area contributed by atoms with Gasteiger partial charge in [0.05, 0.1) is 0 Å². The van der Waals surface area contributed by atoms with Gasteiger partial charge >= 0.3 is 5.97 Å². The molecule has 0 aromatic carbocycles. The summed E-state index contributed by atoms with van der Waals surface area (Å²) in [5.41, 5.74) is 0. The lowest BCUT2D eigenvalue weighted by Crippen LogP contribution is -2.13. The number of esters is 1. The Bertz CT molecular complexity index is 189. The highest BCUT2D eigenvalue weighted by molar-refractivity contribution is 5.66. The zero-order chi connectivity index (χ0) is 9.40. The van der Waals surface area contributed by atoms with Gasteiger partial charge in [0.25, 0.3) is 0 Å². The molecular weight excluding hydrogens is 152 g/mol. The van der Waals surface area contributed by atoms with Crippen LogP contribution in [0.4, 0.5) is 0 Å². The van der Waals surface area contributed by atoms with Gasteiger partial charge in [-0.05, 0) is 19.3 Å². The molecule has 0 radical (unpaired) electrons. The molecule has 2 heteroatoms. The highest BCUT2D eigenvalue weighted by atomic mass is 16.5. The largest absolute Gasteiger partial charge is 0.449 e. The first-order valence-corrected chi connectivity index (χ1v) is 3.95. The Morgan fingerprint density at radius 1 is 1.83 bits per heavy atom. The summed E-state index contributed by atoms with van der Waals surface area (Å²) in [5, 5.41) is 0. The molecule has 0 aliphatic carbocycles. The van der Waals surface area contributed by atoms with Gasteiger partial charge in [-0.15, -0.1) is 13.0 Å². The number of hydrogen-bond donors (Lipinski definition) is 0. The Morgan fingerprint density at radius 2 is 2.50 bits per heavy atom. The first-order valence-electron chi connectivity index (χ1n) is 3.95. The molecule has 2 nitrogen and oxygen atoms in total. The van der Waals surface area contributed by atoms with Crippen molar-refractivity contribution in [3.63, 3.8) is 0 Å². The maximum atomic E-state index is 10.5. The fraction of sp³-hybridized carbons (Fsp3) is 0.500. The fourth-order valence-corrected chi connectivity index (χ4v) is 0.824. The van der Waals surface area contributed by atoms with Gasteiger partial charge in [0, 0.05) is 6.92 Å². The van der Waals surface area contributed by atoms with Crippen molar-refractivity contribution in [2.45, 2.75) is 32.3 Å². The van der Waals surface area contributed by atoms with Crippen molar-refractivity contribution in [1.82, 2.24) is 0 Å². The average molecular weight is 166 g/mol. The molecule has 1 atom stereocenters. The van der Waals surface area contributed by atoms with Crippen molar-refractivity contribution >= 4 is 5.97 Å². The second kappa shape index (κ2) is 6.48. The Balaban J connectivity index is 3.62. The summed E-state index contributed by atoms with van der Waals surface area (Å²) in [6, 6.07) is 0. The van der Waals surface area contributed by atoms with E-state index in [1.54, 1.807) is 0 Å². The summed E-state index contributed by atoms with van der Waals surface area (Å²) < 4.78 is 4.84. The van der Waals surface area contributed by atoms with Crippen LogP contribution in [0.2, 0.25) is 0 Å². The van der Waals surface area contributed by atoms with Crippen LogP contribution in [0.5, 0.6) is 0 Å². The van der Waals surface area contributed by atoms with Crippen LogP contribution in [-0.2, 0) is 9.53 Å². The van der Waals surface area contributed by atoms with Crippen LogP contribution in [-0.4, -0.2) is 12.1 Å². The zero-order valence-corrected chi connectivity index (χ0v) is 7.38. The third-order valence-electron chi connectivity index (χ3n) is 1.37. The van der Waals surface area contributed by atoms with Crippen LogP contribution in [0.1, 0.15) is 26.2 Å². The summed E-state index contributed by atoms with van der Waals surface area (Å²) in [6.07, 6.45) is 9.12. The first-order chi connectivity index (χ1) is 5.70. The standard InChI is InChI=1S/C10H14O2/c1-4-6-7-8-10(5-2)12-9(3)11/h2,4,10H,1,6-8H2,3H3. The van der Waals surface area contributed by atoms with E-state index < -0.39 is 0 Å². The Hall–Kier alpha value is -1.23. The summed E-state index contributed by atoms with van der Waals surface area (Å²) in [5.74, 6) is 2.09. The number of hydrogen-bond acceptors (Lipinski definition) is 2. The average Bonchev–Trinajstić information content (AvgIpc) is 2.02. The molecule has 0 saturated heterocycles. The molecule has 0 bridgehead atoms. The highest BCUT2D eigenvalue weighted by Gasteiger charge is 2.06. The van der Waals surface area contributed by atoms with Gasteiger partial charge in [0.2, 0.25) is 0 Å². The normalized spacial score (nSPS) is 11.3. The Morgan fingerprint density at radius 3 is 2.92 bits per heavy atom. The van der Waals surface area contributed by atoms with Crippen molar-refractivity contribution in [2.75, 3.05) is 0 Å². The number of ether oxygens (including phenoxy) is 1. The molecule has 0 heterocycles. The number of allylic oxidation sites excluding steroid dienone is 1. The molecule has 0 saturated carbocycles. The van der Waals surface area contributed by atoms with Crippen molar-refractivity contribution in [1.29, 1.82) is 0 Å². The lowest BCUT2D eigenvalue weighted by molar-refractivity contribution is -0.143. The Kier molecular flexibility index (Phi) is 5.81. The molecular formula is C10H14O2. The molecule has 0 amide bonds. The van der Waals surface area contributed by atoms with Crippen LogP contribution in [0, 0.1) is 12.3 Å². The number of terminal acetylenes is 1. The predicted octanol–water partition coefficient (Wildman–Crippen LogP) is 1.91. The highest BCUT2D eigenvalue weighted by Crippen LogP contribution is 2.04. The van der Waals surface area contributed by atoms with Crippen LogP contribution in [0.3, 0.4) is 0 Å². The van der Waals surface area contributed by atoms with E-state index in [2.05, 4.69) is 12.5 Å². The molecule has 0 aliphatic rings. The molecule has 0 fully saturated rings. The second-order valence-corrected chi connectivity index (χ2v) is 2.48. The van der Waals surface area contributed by atoms with Gasteiger partial charge in [-0.25, -0.2) is 0 Å². The number of carbonyl (C=O) groups is 1. The van der Waals surface area contributed by atoms with Gasteiger partial charge in [-0.3, -0.25) is 4.79 Å². The maximum absolute atomic E-state index is 10.5. The van der Waals surface area contributed by atoms with E-state index in [0.717, 1.165) is 12.8 Å². The Labute approximate surface area is 73.6 Å². The van der Waals surface area contributed by atoms with Crippen LogP contribution in [0.25, 0.3) is 0 Å². The molecule has 66 valence electrons. The smallest absolute Gasteiger partial charge is 0.303 e. The van der Waals surface area contributed by atoms with Gasteiger partial charge < -0.3 is 4.74 Å². The van der Waals surface area contributed by atoms with E-state index in [4.69, 9.17) is 11.2 Å². The molecule has 0 N–H and O–H groups in total. The predicted molar refractivity (Wildman–Crippen MR) is 48.4 cm³/mol. The first kappa shape index (κ1) is 10.8. The van der Waals surface area contributed by atoms with Gasteiger partial charge in [0.15, 0.2) is 6.10 Å². The summed E-state index contributed by atoms with van der Waals surface area (Å²) in [4.78, 5) is 10.5. The lowest BCUT2D eigenvalue weighted by Gasteiger charge is -2.09. The molecule has 1 unspecified atom stereocenters. The van der Waals surface area contributed by atoms with Crippen LogP contribution in [0.15, 0.2) is 12.7 Å². The van der Waals surface area contributed by atoms with E-state index in [1.807, 2.05) is 6.08 Å². The summed E-state index contributed by atoms with van der Waals surface area (Å²) in [6.45, 7) is 4.94. The van der Waals surface area contributed by atoms with Crippen molar-refractivity contribution in [3.05, 3.63) is 12.7 Å². The minimum absolute atomic E-state index is 0.323. The SMILES string of the molecule is C#CC(CCCC=C)OC(C)=O. The van der Waals surface area contributed by atoms with Gasteiger partial charge in [0.1, 0.15) is 0 Å². The number of unbranched alkanes of at least 4 members (excludes halogenated alkanes) is 1. The molecule has 12 heavy (non-hydrogen) atoms. The quantitative estimate of drug-likeness (QED) is 0.270. The summed E-state index contributed by atoms with van der Waals surface area (Å²) in [7, 11) is 0. The number of carbonyl (C=O) groups excluding carboxylic acids is 1. The van der Waals surface area contributed by atoms with Gasteiger partial charge in [-0.1, -0.05) is 12.0 Å².